The van der Waals surface area contributed by atoms with Gasteiger partial charge in [-0.15, -0.1) is 0 Å². The molecular formula is C17H16ClN3O2. The fourth-order valence-electron chi connectivity index (χ4n) is 2.83. The van der Waals surface area contributed by atoms with Crippen molar-refractivity contribution < 1.29 is 9.59 Å². The largest absolute Gasteiger partial charge is 0.368 e. The topological polar surface area (TPSA) is 76.3 Å². The second kappa shape index (κ2) is 6.38. The first-order chi connectivity index (χ1) is 11.1. The summed E-state index contributed by atoms with van der Waals surface area (Å²) in [6, 6.07) is 8.56. The van der Waals surface area contributed by atoms with Gasteiger partial charge in [0.15, 0.2) is 0 Å². The Hall–Kier alpha value is -2.40. The summed E-state index contributed by atoms with van der Waals surface area (Å²) < 4.78 is 0. The maximum absolute atomic E-state index is 12.7. The Morgan fingerprint density at radius 1 is 1.17 bits per heavy atom. The van der Waals surface area contributed by atoms with Crippen molar-refractivity contribution in [1.82, 2.24) is 9.88 Å². The number of hydrogen-bond donors (Lipinski definition) is 1. The molecule has 2 N–H and O–H groups in total. The van der Waals surface area contributed by atoms with Crippen LogP contribution in [0.2, 0.25) is 5.02 Å². The number of likely N-dealkylation sites (tertiary alicyclic amines) is 1. The molecule has 5 nitrogen and oxygen atoms in total. The van der Waals surface area contributed by atoms with Crippen LogP contribution in [0.3, 0.4) is 0 Å². The summed E-state index contributed by atoms with van der Waals surface area (Å²) in [4.78, 5) is 29.8. The lowest BCUT2D eigenvalue weighted by molar-refractivity contribution is -0.121. The van der Waals surface area contributed by atoms with Crippen molar-refractivity contribution in [3.63, 3.8) is 0 Å². The van der Waals surface area contributed by atoms with Crippen LogP contribution >= 0.6 is 11.6 Å². The fourth-order valence-corrected chi connectivity index (χ4v) is 2.95. The molecule has 0 radical (unpaired) electrons. The second-order valence-corrected chi connectivity index (χ2v) is 5.96. The van der Waals surface area contributed by atoms with Crippen LogP contribution in [0.5, 0.6) is 0 Å². The van der Waals surface area contributed by atoms with E-state index in [0.29, 0.717) is 23.6 Å². The first-order valence-corrected chi connectivity index (χ1v) is 7.75. The monoisotopic (exact) mass is 329 g/mol. The number of aromatic nitrogens is 1. The van der Waals surface area contributed by atoms with Crippen molar-refractivity contribution in [2.75, 3.05) is 6.54 Å². The van der Waals surface area contributed by atoms with E-state index >= 15 is 0 Å². The van der Waals surface area contributed by atoms with Crippen LogP contribution in [0.15, 0.2) is 42.7 Å². The number of benzene rings is 1. The van der Waals surface area contributed by atoms with E-state index in [1.165, 1.54) is 11.1 Å². The Labute approximate surface area is 139 Å². The lowest BCUT2D eigenvalue weighted by Crippen LogP contribution is -2.43. The summed E-state index contributed by atoms with van der Waals surface area (Å²) in [6.07, 6.45) is 4.60. The molecular weight excluding hydrogens is 314 g/mol. The Balaban J connectivity index is 1.89. The Kier molecular flexibility index (Phi) is 4.30. The smallest absolute Gasteiger partial charge is 0.256 e. The number of pyridine rings is 1. The lowest BCUT2D eigenvalue weighted by atomic mass is 10.1. The number of carbonyl (C=O) groups is 2. The summed E-state index contributed by atoms with van der Waals surface area (Å²) >= 11 is 5.89. The molecule has 1 atom stereocenters. The summed E-state index contributed by atoms with van der Waals surface area (Å²) in [5.74, 6) is -0.674. The highest BCUT2D eigenvalue weighted by atomic mass is 35.5. The molecule has 1 saturated heterocycles. The standard InChI is InChI=1S/C17H16ClN3O2/c18-14-5-3-11(4-6-14)12-8-13(10-20-9-12)17(23)21-7-1-2-15(21)16(19)22/h3-6,8-10,15H,1-2,7H2,(H2,19,22). The molecule has 0 bridgehead atoms. The molecule has 6 heteroatoms. The van der Waals surface area contributed by atoms with Gasteiger partial charge in [0, 0.05) is 29.5 Å². The average Bonchev–Trinajstić information content (AvgIpc) is 3.05. The zero-order valence-electron chi connectivity index (χ0n) is 12.4. The Morgan fingerprint density at radius 3 is 2.61 bits per heavy atom. The molecule has 1 aromatic heterocycles. The van der Waals surface area contributed by atoms with E-state index in [0.717, 1.165) is 17.5 Å². The van der Waals surface area contributed by atoms with Gasteiger partial charge in [-0.1, -0.05) is 23.7 Å². The molecule has 1 aliphatic rings. The number of rotatable bonds is 3. The summed E-state index contributed by atoms with van der Waals surface area (Å²) in [5.41, 5.74) is 7.57. The highest BCUT2D eigenvalue weighted by molar-refractivity contribution is 6.30. The summed E-state index contributed by atoms with van der Waals surface area (Å²) in [6.45, 7) is 0.539. The number of halogens is 1. The van der Waals surface area contributed by atoms with Gasteiger partial charge in [-0.3, -0.25) is 14.6 Å². The molecule has 0 spiro atoms. The predicted molar refractivity (Wildman–Crippen MR) is 87.9 cm³/mol. The number of nitrogens with two attached hydrogens (primary N) is 1. The summed E-state index contributed by atoms with van der Waals surface area (Å²) in [7, 11) is 0. The highest BCUT2D eigenvalue weighted by Crippen LogP contribution is 2.24. The van der Waals surface area contributed by atoms with Gasteiger partial charge in [-0.2, -0.15) is 0 Å². The molecule has 2 aromatic rings. The van der Waals surface area contributed by atoms with E-state index in [9.17, 15) is 9.59 Å². The molecule has 3 rings (SSSR count). The number of hydrogen-bond acceptors (Lipinski definition) is 3. The van der Waals surface area contributed by atoms with Gasteiger partial charge in [-0.05, 0) is 36.6 Å². The molecule has 0 aliphatic carbocycles. The highest BCUT2D eigenvalue weighted by Gasteiger charge is 2.33. The zero-order valence-corrected chi connectivity index (χ0v) is 13.2. The number of primary amides is 1. The van der Waals surface area contributed by atoms with Crippen molar-refractivity contribution >= 4 is 23.4 Å². The van der Waals surface area contributed by atoms with Crippen molar-refractivity contribution in [1.29, 1.82) is 0 Å². The first-order valence-electron chi connectivity index (χ1n) is 7.37. The molecule has 1 fully saturated rings. The third-order valence-electron chi connectivity index (χ3n) is 4.00. The van der Waals surface area contributed by atoms with Gasteiger partial charge in [-0.25, -0.2) is 0 Å². The normalized spacial score (nSPS) is 17.3. The SMILES string of the molecule is NC(=O)C1CCCN1C(=O)c1cncc(-c2ccc(Cl)cc2)c1. The first kappa shape index (κ1) is 15.5. The van der Waals surface area contributed by atoms with Gasteiger partial charge < -0.3 is 10.6 Å². The molecule has 0 saturated carbocycles. The maximum atomic E-state index is 12.7. The van der Waals surface area contributed by atoms with E-state index < -0.39 is 11.9 Å². The van der Waals surface area contributed by atoms with Crippen LogP contribution in [-0.2, 0) is 4.79 Å². The lowest BCUT2D eigenvalue weighted by Gasteiger charge is -2.22. The van der Waals surface area contributed by atoms with Crippen LogP contribution in [-0.4, -0.2) is 34.3 Å². The third kappa shape index (κ3) is 3.19. The minimum absolute atomic E-state index is 0.213. The number of carbonyl (C=O) groups excluding carboxylic acids is 2. The number of nitrogens with zero attached hydrogens (tertiary/aromatic N) is 2. The quantitative estimate of drug-likeness (QED) is 0.939. The van der Waals surface area contributed by atoms with Crippen molar-refractivity contribution in [3.05, 3.63) is 53.3 Å². The van der Waals surface area contributed by atoms with Crippen LogP contribution < -0.4 is 5.73 Å². The van der Waals surface area contributed by atoms with E-state index in [1.807, 2.05) is 12.1 Å². The molecule has 2 heterocycles. The third-order valence-corrected chi connectivity index (χ3v) is 4.26. The van der Waals surface area contributed by atoms with Crippen molar-refractivity contribution in [2.24, 2.45) is 5.73 Å². The van der Waals surface area contributed by atoms with Crippen LogP contribution in [0.4, 0.5) is 0 Å². The molecule has 2 amide bonds. The van der Waals surface area contributed by atoms with E-state index in [-0.39, 0.29) is 5.91 Å². The Morgan fingerprint density at radius 2 is 1.91 bits per heavy atom. The van der Waals surface area contributed by atoms with Gasteiger partial charge >= 0.3 is 0 Å². The predicted octanol–water partition coefficient (Wildman–Crippen LogP) is 2.49. The van der Waals surface area contributed by atoms with E-state index in [4.69, 9.17) is 17.3 Å². The van der Waals surface area contributed by atoms with Crippen LogP contribution in [0.1, 0.15) is 23.2 Å². The Bertz CT molecular complexity index is 746. The second-order valence-electron chi connectivity index (χ2n) is 5.53. The molecule has 1 unspecified atom stereocenters. The maximum Gasteiger partial charge on any atom is 0.256 e. The molecule has 118 valence electrons. The van der Waals surface area contributed by atoms with E-state index in [1.54, 1.807) is 24.4 Å². The average molecular weight is 330 g/mol. The minimum Gasteiger partial charge on any atom is -0.368 e. The van der Waals surface area contributed by atoms with Gasteiger partial charge in [0.2, 0.25) is 5.91 Å². The van der Waals surface area contributed by atoms with Gasteiger partial charge in [0.25, 0.3) is 5.91 Å². The van der Waals surface area contributed by atoms with Gasteiger partial charge in [0.05, 0.1) is 5.56 Å². The van der Waals surface area contributed by atoms with Crippen LogP contribution in [0.25, 0.3) is 11.1 Å². The zero-order chi connectivity index (χ0) is 16.4. The molecule has 23 heavy (non-hydrogen) atoms. The minimum atomic E-state index is -0.526. The van der Waals surface area contributed by atoms with Crippen LogP contribution in [0, 0.1) is 0 Å². The van der Waals surface area contributed by atoms with E-state index in [2.05, 4.69) is 4.98 Å². The van der Waals surface area contributed by atoms with Gasteiger partial charge in [0.1, 0.15) is 6.04 Å². The van der Waals surface area contributed by atoms with Crippen molar-refractivity contribution in [3.8, 4) is 11.1 Å². The fraction of sp³-hybridized carbons (Fsp3) is 0.235. The van der Waals surface area contributed by atoms with Crippen molar-refractivity contribution in [2.45, 2.75) is 18.9 Å². The molecule has 1 aromatic carbocycles. The molecule has 1 aliphatic heterocycles. The summed E-state index contributed by atoms with van der Waals surface area (Å²) in [5, 5.41) is 0.648. The number of amides is 2.